The Morgan fingerprint density at radius 3 is 1.82 bits per heavy atom. The number of allylic oxidation sites excluding steroid dienone is 3. The van der Waals surface area contributed by atoms with Gasteiger partial charge in [-0.05, 0) is 0 Å². The highest BCUT2D eigenvalue weighted by molar-refractivity contribution is 6.50. The summed E-state index contributed by atoms with van der Waals surface area (Å²) in [7, 11) is -6.00. The highest BCUT2D eigenvalue weighted by Gasteiger charge is 2.20. The summed E-state index contributed by atoms with van der Waals surface area (Å²) < 4.78 is 39.0. The minimum absolute atomic E-state index is 1.62. The lowest BCUT2D eigenvalue weighted by Crippen LogP contribution is -2.02. The number of hydrogen-bond donors (Lipinski definition) is 0. The maximum Gasteiger partial charge on any atom is 0.673 e. The third kappa shape index (κ3) is 17.7. The highest BCUT2D eigenvalue weighted by Crippen LogP contribution is 2.06. The third-order valence-corrected chi connectivity index (χ3v) is 0.514. The van der Waals surface area contributed by atoms with E-state index in [4.69, 9.17) is 0 Å². The zero-order chi connectivity index (χ0) is 8.74. The molecule has 0 amide bonds. The quantitative estimate of drug-likeness (QED) is 0.296. The van der Waals surface area contributed by atoms with E-state index in [0.717, 1.165) is 0 Å². The van der Waals surface area contributed by atoms with E-state index < -0.39 is 7.25 Å². The molecule has 0 aliphatic carbocycles. The van der Waals surface area contributed by atoms with Crippen molar-refractivity contribution in [1.82, 2.24) is 0 Å². The van der Waals surface area contributed by atoms with E-state index in [1.807, 2.05) is 12.2 Å². The fourth-order valence-corrected chi connectivity index (χ4v) is 0.277. The Morgan fingerprint density at radius 2 is 1.73 bits per heavy atom. The van der Waals surface area contributed by atoms with Gasteiger partial charge in [-0.3, -0.25) is 0 Å². The summed E-state index contributed by atoms with van der Waals surface area (Å²) in [5.74, 6) is 0. The van der Waals surface area contributed by atoms with E-state index in [-0.39, 0.29) is 0 Å². The lowest BCUT2D eigenvalue weighted by atomic mass is 10.3. The Balaban J connectivity index is 0.000000187. The molecule has 1 nitrogen and oxygen atoms in total. The first-order valence-electron chi connectivity index (χ1n) is 2.63. The van der Waals surface area contributed by atoms with Crippen molar-refractivity contribution < 1.29 is 17.3 Å². The minimum atomic E-state index is -6.00. The molecular formula is C5H4BF4N. The standard InChI is InChI=1S/C5H4N.BF4/c1-2-4-6-5-3-1;2-1(3,4)5/h1-2,4-5H;/q+1;-1. The molecule has 0 aromatic carbocycles. The van der Waals surface area contributed by atoms with Crippen LogP contribution in [0, 0.1) is 6.08 Å². The van der Waals surface area contributed by atoms with Crippen LogP contribution < -0.4 is 0 Å². The van der Waals surface area contributed by atoms with Crippen LogP contribution in [0.1, 0.15) is 0 Å². The van der Waals surface area contributed by atoms with Crippen LogP contribution in [-0.4, -0.2) is 13.5 Å². The van der Waals surface area contributed by atoms with Crippen LogP contribution in [-0.2, 0) is 0 Å². The molecule has 0 aromatic heterocycles. The Morgan fingerprint density at radius 1 is 1.18 bits per heavy atom. The first-order valence-corrected chi connectivity index (χ1v) is 2.63. The van der Waals surface area contributed by atoms with Crippen molar-refractivity contribution in [3.63, 3.8) is 0 Å². The molecule has 0 atom stereocenters. The summed E-state index contributed by atoms with van der Waals surface area (Å²) in [6.07, 6.45) is 9.77. The Kier molecular flexibility index (Phi) is 4.14. The zero-order valence-corrected chi connectivity index (χ0v) is 5.35. The van der Waals surface area contributed by atoms with Gasteiger partial charge in [0, 0.05) is 0 Å². The fraction of sp³-hybridized carbons (Fsp3) is 0. The summed E-state index contributed by atoms with van der Waals surface area (Å²) in [6, 6.07) is 0. The van der Waals surface area contributed by atoms with E-state index in [1.165, 1.54) is 0 Å². The summed E-state index contributed by atoms with van der Waals surface area (Å²) in [6.45, 7) is 0. The zero-order valence-electron chi connectivity index (χ0n) is 5.35. The highest BCUT2D eigenvalue weighted by atomic mass is 19.5. The van der Waals surface area contributed by atoms with Crippen LogP contribution in [0.25, 0.3) is 0 Å². The lowest BCUT2D eigenvalue weighted by molar-refractivity contribution is 0.368. The number of aliphatic imine (C=N–C) groups is 1. The van der Waals surface area contributed by atoms with Crippen molar-refractivity contribution in [2.75, 3.05) is 0 Å². The van der Waals surface area contributed by atoms with Crippen molar-refractivity contribution in [2.45, 2.75) is 0 Å². The first-order chi connectivity index (χ1) is 5.00. The van der Waals surface area contributed by atoms with Gasteiger partial charge in [-0.1, -0.05) is 0 Å². The normalized spacial score (nSPS) is 13.5. The predicted molar refractivity (Wildman–Crippen MR) is 35.6 cm³/mol. The second-order valence-electron chi connectivity index (χ2n) is 1.45. The first kappa shape index (κ1) is 9.84. The van der Waals surface area contributed by atoms with Crippen LogP contribution >= 0.6 is 0 Å². The average molecular weight is 165 g/mol. The topological polar surface area (TPSA) is 12.4 Å². The monoisotopic (exact) mass is 165 g/mol. The van der Waals surface area contributed by atoms with Gasteiger partial charge < -0.3 is 17.3 Å². The van der Waals surface area contributed by atoms with Crippen LogP contribution in [0.3, 0.4) is 0 Å². The molecule has 0 saturated carbocycles. The smallest absolute Gasteiger partial charge is 0.418 e. The van der Waals surface area contributed by atoms with Gasteiger partial charge in [-0.15, -0.1) is 0 Å². The second-order valence-corrected chi connectivity index (χ2v) is 1.45. The number of rotatable bonds is 0. The third-order valence-electron chi connectivity index (χ3n) is 0.514. The van der Waals surface area contributed by atoms with Crippen LogP contribution in [0.4, 0.5) is 17.3 Å². The summed E-state index contributed by atoms with van der Waals surface area (Å²) in [5.41, 5.74) is 0. The fourth-order valence-electron chi connectivity index (χ4n) is 0.277. The molecule has 1 rings (SSSR count). The molecule has 0 aromatic rings. The molecule has 0 fully saturated rings. The van der Waals surface area contributed by atoms with Gasteiger partial charge in [0.1, 0.15) is 12.3 Å². The maximum atomic E-state index is 9.75. The molecule has 1 heterocycles. The van der Waals surface area contributed by atoms with Gasteiger partial charge >= 0.3 is 7.25 Å². The Hall–Kier alpha value is -1.16. The van der Waals surface area contributed by atoms with Gasteiger partial charge in [-0.25, -0.2) is 4.99 Å². The van der Waals surface area contributed by atoms with E-state index in [9.17, 15) is 17.3 Å². The van der Waals surface area contributed by atoms with Gasteiger partial charge in [0.25, 0.3) is 0 Å². The molecule has 0 saturated heterocycles. The molecule has 0 spiro atoms. The van der Waals surface area contributed by atoms with Crippen molar-refractivity contribution in [3.8, 4) is 0 Å². The Labute approximate surface area is 61.2 Å². The second kappa shape index (κ2) is 4.63. The largest absolute Gasteiger partial charge is 0.673 e. The van der Waals surface area contributed by atoms with E-state index in [1.54, 1.807) is 12.4 Å². The molecule has 0 radical (unpaired) electrons. The van der Waals surface area contributed by atoms with Crippen LogP contribution in [0.2, 0.25) is 0 Å². The van der Waals surface area contributed by atoms with E-state index in [2.05, 4.69) is 11.1 Å². The van der Waals surface area contributed by atoms with Crippen molar-refractivity contribution >= 4 is 13.5 Å². The number of nitrogens with zero attached hydrogens (tertiary/aromatic N) is 1. The molecule has 6 heteroatoms. The molecule has 0 N–H and O–H groups in total. The molecule has 1 aliphatic heterocycles. The van der Waals surface area contributed by atoms with Gasteiger partial charge in [0.05, 0.1) is 6.08 Å². The molecule has 0 bridgehead atoms. The molecule has 11 heavy (non-hydrogen) atoms. The van der Waals surface area contributed by atoms with E-state index >= 15 is 0 Å². The van der Waals surface area contributed by atoms with Gasteiger partial charge in [0.15, 0.2) is 12.3 Å². The predicted octanol–water partition coefficient (Wildman–Crippen LogP) is 2.24. The minimum Gasteiger partial charge on any atom is -0.418 e. The van der Waals surface area contributed by atoms with Gasteiger partial charge in [0.2, 0.25) is 0 Å². The molecule has 0 unspecified atom stereocenters. The molecular weight excluding hydrogens is 161 g/mol. The Bertz CT molecular complexity index is 140. The SMILES string of the molecule is F[B-](F)(F)F.[C+]1=CN=CC=C1. The maximum absolute atomic E-state index is 9.75. The van der Waals surface area contributed by atoms with E-state index in [0.29, 0.717) is 0 Å². The molecule has 60 valence electrons. The van der Waals surface area contributed by atoms with Crippen molar-refractivity contribution in [3.05, 3.63) is 24.4 Å². The van der Waals surface area contributed by atoms with Crippen molar-refractivity contribution in [2.24, 2.45) is 4.99 Å². The number of halogens is 4. The summed E-state index contributed by atoms with van der Waals surface area (Å²) in [4.78, 5) is 3.73. The summed E-state index contributed by atoms with van der Waals surface area (Å²) in [5, 5.41) is 0. The lowest BCUT2D eigenvalue weighted by Gasteiger charge is -1.94. The number of hydrogen-bond acceptors (Lipinski definition) is 1. The van der Waals surface area contributed by atoms with Crippen LogP contribution in [0.5, 0.6) is 0 Å². The summed E-state index contributed by atoms with van der Waals surface area (Å²) >= 11 is 0. The van der Waals surface area contributed by atoms with Gasteiger partial charge in [-0.2, -0.15) is 0 Å². The molecule has 1 aliphatic rings. The van der Waals surface area contributed by atoms with Crippen molar-refractivity contribution in [1.29, 1.82) is 0 Å². The van der Waals surface area contributed by atoms with Crippen LogP contribution in [0.15, 0.2) is 23.3 Å². The average Bonchev–Trinajstić information content (AvgIpc) is 1.88.